The van der Waals surface area contributed by atoms with Gasteiger partial charge in [-0.3, -0.25) is 9.00 Å². The van der Waals surface area contributed by atoms with Crippen LogP contribution in [0.4, 0.5) is 4.39 Å². The summed E-state index contributed by atoms with van der Waals surface area (Å²) in [6, 6.07) is 13.4. The molecule has 1 aliphatic rings. The molecule has 2 aromatic carbocycles. The second-order valence-electron chi connectivity index (χ2n) is 6.60. The van der Waals surface area contributed by atoms with Crippen LogP contribution in [-0.4, -0.2) is 21.2 Å². The molecule has 27 heavy (non-hydrogen) atoms. The molecule has 0 bridgehead atoms. The average molecular weight is 383 g/mol. The highest BCUT2D eigenvalue weighted by Crippen LogP contribution is 2.42. The first-order chi connectivity index (χ1) is 13.2. The Kier molecular flexibility index (Phi) is 4.99. The summed E-state index contributed by atoms with van der Waals surface area (Å²) in [4.78, 5) is 13.6. The van der Waals surface area contributed by atoms with Gasteiger partial charge in [0.15, 0.2) is 17.6 Å². The molecule has 1 heterocycles. The summed E-state index contributed by atoms with van der Waals surface area (Å²) in [6.45, 7) is 0. The lowest BCUT2D eigenvalue weighted by Crippen LogP contribution is -2.08. The summed E-state index contributed by atoms with van der Waals surface area (Å²) in [5, 5.41) is 3.81. The highest BCUT2D eigenvalue weighted by atomic mass is 32.2. The Morgan fingerprint density at radius 1 is 1.07 bits per heavy atom. The SMILES string of the molecule is O=C(c1ccccc1Cc1ccccc1S(=O)CF)c1cnoc1C1CC1. The highest BCUT2D eigenvalue weighted by molar-refractivity contribution is 7.84. The van der Waals surface area contributed by atoms with Gasteiger partial charge in [-0.15, -0.1) is 0 Å². The number of nitrogens with zero attached hydrogens (tertiary/aromatic N) is 1. The van der Waals surface area contributed by atoms with Crippen molar-refractivity contribution >= 4 is 16.6 Å². The van der Waals surface area contributed by atoms with Gasteiger partial charge in [-0.25, -0.2) is 4.39 Å². The van der Waals surface area contributed by atoms with Crippen molar-refractivity contribution in [1.82, 2.24) is 5.16 Å². The predicted molar refractivity (Wildman–Crippen MR) is 100.0 cm³/mol. The fourth-order valence-corrected chi connectivity index (χ4v) is 4.02. The van der Waals surface area contributed by atoms with Crippen molar-refractivity contribution in [3.05, 3.63) is 82.7 Å². The summed E-state index contributed by atoms with van der Waals surface area (Å²) in [5.41, 5.74) is 2.62. The molecule has 0 aliphatic heterocycles. The van der Waals surface area contributed by atoms with E-state index in [0.717, 1.165) is 24.0 Å². The Bertz CT molecular complexity index is 1010. The smallest absolute Gasteiger partial charge is 0.198 e. The van der Waals surface area contributed by atoms with E-state index >= 15 is 0 Å². The fourth-order valence-electron chi connectivity index (χ4n) is 3.24. The number of aromatic nitrogens is 1. The molecule has 4 nitrogen and oxygen atoms in total. The molecule has 1 fully saturated rings. The summed E-state index contributed by atoms with van der Waals surface area (Å²) in [5.74, 6) is 0.817. The zero-order valence-corrected chi connectivity index (χ0v) is 15.4. The lowest BCUT2D eigenvalue weighted by atomic mass is 9.94. The number of ketones is 1. The monoisotopic (exact) mass is 383 g/mol. The summed E-state index contributed by atoms with van der Waals surface area (Å²) < 4.78 is 30.2. The molecular weight excluding hydrogens is 365 g/mol. The molecule has 1 atom stereocenters. The maximum Gasteiger partial charge on any atom is 0.198 e. The van der Waals surface area contributed by atoms with Gasteiger partial charge in [0, 0.05) is 16.4 Å². The van der Waals surface area contributed by atoms with Crippen molar-refractivity contribution in [3.63, 3.8) is 0 Å². The third-order valence-corrected chi connectivity index (χ3v) is 5.84. The Morgan fingerprint density at radius 3 is 2.52 bits per heavy atom. The number of hydrogen-bond acceptors (Lipinski definition) is 4. The maximum atomic E-state index is 13.1. The average Bonchev–Trinajstić information content (AvgIpc) is 3.44. The second kappa shape index (κ2) is 7.56. The zero-order valence-electron chi connectivity index (χ0n) is 14.6. The van der Waals surface area contributed by atoms with Gasteiger partial charge in [-0.1, -0.05) is 47.6 Å². The molecule has 1 aromatic heterocycles. The molecular formula is C21H18FNO3S. The van der Waals surface area contributed by atoms with E-state index in [1.54, 1.807) is 18.2 Å². The van der Waals surface area contributed by atoms with E-state index in [-0.39, 0.29) is 11.7 Å². The first kappa shape index (κ1) is 17.8. The van der Waals surface area contributed by atoms with Crippen LogP contribution in [0, 0.1) is 0 Å². The minimum absolute atomic E-state index is 0.127. The van der Waals surface area contributed by atoms with Gasteiger partial charge < -0.3 is 4.52 Å². The predicted octanol–water partition coefficient (Wildman–Crippen LogP) is 4.41. The molecule has 6 heteroatoms. The van der Waals surface area contributed by atoms with Crippen molar-refractivity contribution in [2.75, 3.05) is 6.01 Å². The standard InChI is InChI=1S/C21H18FNO3S/c22-13-27(25)19-8-4-2-6-16(19)11-15-5-1-3-7-17(15)20(24)18-12-23-26-21(18)14-9-10-14/h1-8,12,14H,9-11,13H2. The number of halogens is 1. The van der Waals surface area contributed by atoms with Gasteiger partial charge >= 0.3 is 0 Å². The lowest BCUT2D eigenvalue weighted by molar-refractivity contribution is 0.103. The van der Waals surface area contributed by atoms with E-state index in [1.165, 1.54) is 6.20 Å². The number of hydrogen-bond donors (Lipinski definition) is 0. The van der Waals surface area contributed by atoms with Crippen molar-refractivity contribution in [3.8, 4) is 0 Å². The molecule has 0 saturated heterocycles. The molecule has 3 aromatic rings. The maximum absolute atomic E-state index is 13.1. The van der Waals surface area contributed by atoms with Crippen LogP contribution in [0.25, 0.3) is 0 Å². The van der Waals surface area contributed by atoms with Crippen LogP contribution in [0.3, 0.4) is 0 Å². The van der Waals surface area contributed by atoms with Crippen LogP contribution in [0.15, 0.2) is 64.1 Å². The van der Waals surface area contributed by atoms with Crippen LogP contribution in [-0.2, 0) is 17.2 Å². The molecule has 4 rings (SSSR count). The van der Waals surface area contributed by atoms with E-state index in [9.17, 15) is 13.4 Å². The number of alkyl halides is 1. The first-order valence-electron chi connectivity index (χ1n) is 8.78. The molecule has 1 aliphatic carbocycles. The van der Waals surface area contributed by atoms with Gasteiger partial charge in [-0.2, -0.15) is 0 Å². The number of rotatable bonds is 7. The van der Waals surface area contributed by atoms with Gasteiger partial charge in [-0.05, 0) is 36.5 Å². The number of benzene rings is 2. The van der Waals surface area contributed by atoms with Gasteiger partial charge in [0.05, 0.1) is 22.6 Å². The van der Waals surface area contributed by atoms with E-state index in [1.807, 2.05) is 30.3 Å². The third-order valence-electron chi connectivity index (χ3n) is 4.75. The second-order valence-corrected chi connectivity index (χ2v) is 7.95. The van der Waals surface area contributed by atoms with E-state index < -0.39 is 16.8 Å². The van der Waals surface area contributed by atoms with E-state index in [4.69, 9.17) is 4.52 Å². The lowest BCUT2D eigenvalue weighted by Gasteiger charge is -2.11. The van der Waals surface area contributed by atoms with Crippen LogP contribution < -0.4 is 0 Å². The molecule has 0 amide bonds. The van der Waals surface area contributed by atoms with Crippen LogP contribution in [0.5, 0.6) is 0 Å². The third kappa shape index (κ3) is 3.62. The molecule has 0 spiro atoms. The van der Waals surface area contributed by atoms with Crippen molar-refractivity contribution in [1.29, 1.82) is 0 Å². The fraction of sp³-hybridized carbons (Fsp3) is 0.238. The summed E-state index contributed by atoms with van der Waals surface area (Å²) in [6.07, 6.45) is 3.91. The first-order valence-corrected chi connectivity index (χ1v) is 10.1. The van der Waals surface area contributed by atoms with Crippen molar-refractivity contribution in [2.45, 2.75) is 30.1 Å². The molecule has 0 radical (unpaired) electrons. The Labute approximate surface area is 158 Å². The molecule has 0 N–H and O–H groups in total. The van der Waals surface area contributed by atoms with Gasteiger partial charge in [0.25, 0.3) is 0 Å². The normalized spacial score (nSPS) is 14.9. The van der Waals surface area contributed by atoms with Crippen LogP contribution >= 0.6 is 0 Å². The van der Waals surface area contributed by atoms with E-state index in [2.05, 4.69) is 5.16 Å². The summed E-state index contributed by atoms with van der Waals surface area (Å²) in [7, 11) is -1.70. The number of carbonyl (C=O) groups is 1. The highest BCUT2D eigenvalue weighted by Gasteiger charge is 2.33. The minimum atomic E-state index is -1.70. The quantitative estimate of drug-likeness (QED) is 0.567. The van der Waals surface area contributed by atoms with Gasteiger partial charge in [0.1, 0.15) is 0 Å². The number of carbonyl (C=O) groups excluding carboxylic acids is 1. The largest absolute Gasteiger partial charge is 0.360 e. The molecule has 1 saturated carbocycles. The van der Waals surface area contributed by atoms with Crippen LogP contribution in [0.1, 0.15) is 51.6 Å². The topological polar surface area (TPSA) is 60.2 Å². The Morgan fingerprint density at radius 2 is 1.78 bits per heavy atom. The molecule has 1 unspecified atom stereocenters. The van der Waals surface area contributed by atoms with Crippen LogP contribution in [0.2, 0.25) is 0 Å². The van der Waals surface area contributed by atoms with Crippen molar-refractivity contribution in [2.24, 2.45) is 0 Å². The zero-order chi connectivity index (χ0) is 18.8. The summed E-state index contributed by atoms with van der Waals surface area (Å²) >= 11 is 0. The Hall–Kier alpha value is -2.60. The van der Waals surface area contributed by atoms with Gasteiger partial charge in [0.2, 0.25) is 0 Å². The van der Waals surface area contributed by atoms with E-state index in [0.29, 0.717) is 28.2 Å². The Balaban J connectivity index is 1.69. The minimum Gasteiger partial charge on any atom is -0.360 e. The molecule has 138 valence electrons. The van der Waals surface area contributed by atoms with Crippen molar-refractivity contribution < 1.29 is 17.9 Å².